The van der Waals surface area contributed by atoms with Crippen LogP contribution in [0.4, 0.5) is 21.2 Å². The highest BCUT2D eigenvalue weighted by Crippen LogP contribution is 2.42. The van der Waals surface area contributed by atoms with Gasteiger partial charge in [-0.1, -0.05) is 71.7 Å². The lowest BCUT2D eigenvalue weighted by molar-refractivity contribution is 0.0488. The van der Waals surface area contributed by atoms with Crippen LogP contribution in [-0.2, 0) is 50.8 Å². The summed E-state index contributed by atoms with van der Waals surface area (Å²) in [6.45, 7) is 14.0. The first kappa shape index (κ1) is 58.3. The van der Waals surface area contributed by atoms with Crippen molar-refractivity contribution in [3.63, 3.8) is 0 Å². The van der Waals surface area contributed by atoms with E-state index >= 15 is 0 Å². The summed E-state index contributed by atoms with van der Waals surface area (Å²) in [7, 11) is 7.91. The summed E-state index contributed by atoms with van der Waals surface area (Å²) in [6, 6.07) is 22.3. The molecule has 3 aromatic carbocycles. The number of hydrogen-bond donors (Lipinski definition) is 2. The van der Waals surface area contributed by atoms with Crippen LogP contribution < -0.4 is 47.7 Å². The van der Waals surface area contributed by atoms with E-state index in [4.69, 9.17) is 37.4 Å². The van der Waals surface area contributed by atoms with Crippen LogP contribution in [-0.4, -0.2) is 96.2 Å². The largest absolute Gasteiger partial charge is 0.497 e. The number of aryl methyl sites for hydroxylation is 2. The maximum absolute atomic E-state index is 13.9. The molecule has 2 aliphatic heterocycles. The van der Waals surface area contributed by atoms with Gasteiger partial charge in [-0.3, -0.25) is 27.9 Å². The van der Waals surface area contributed by atoms with Crippen LogP contribution in [0.1, 0.15) is 78.4 Å². The Bertz CT molecular complexity index is 3700. The van der Waals surface area contributed by atoms with E-state index in [2.05, 4.69) is 36.4 Å². The first-order chi connectivity index (χ1) is 37.3. The van der Waals surface area contributed by atoms with E-state index < -0.39 is 40.3 Å². The van der Waals surface area contributed by atoms with Gasteiger partial charge in [0, 0.05) is 82.1 Å². The zero-order valence-electron chi connectivity index (χ0n) is 46.5. The molecule has 2 N–H and O–H groups in total. The Kier molecular flexibility index (Phi) is 17.3. The number of carbonyl (C=O) groups excluding carboxylic acids is 2. The minimum atomic E-state index is -0.619. The van der Waals surface area contributed by atoms with Crippen molar-refractivity contribution in [3.8, 4) is 16.9 Å². The van der Waals surface area contributed by atoms with Gasteiger partial charge in [0.15, 0.2) is 0 Å². The van der Waals surface area contributed by atoms with Crippen LogP contribution >= 0.6 is 39.1 Å². The monoisotopic (exact) mass is 1190 g/mol. The molecule has 4 aromatic heterocycles. The molecule has 9 rings (SSSR count). The van der Waals surface area contributed by atoms with Crippen LogP contribution in [0.5, 0.6) is 5.75 Å². The molecule has 0 bridgehead atoms. The van der Waals surface area contributed by atoms with Crippen molar-refractivity contribution in [2.75, 3.05) is 43.1 Å². The van der Waals surface area contributed by atoms with Gasteiger partial charge in [0.2, 0.25) is 0 Å². The molecule has 0 aliphatic carbocycles. The van der Waals surface area contributed by atoms with Crippen molar-refractivity contribution in [1.82, 2.24) is 38.0 Å². The van der Waals surface area contributed by atoms with Crippen LogP contribution in [0.25, 0.3) is 33.2 Å². The van der Waals surface area contributed by atoms with Crippen molar-refractivity contribution in [2.24, 2.45) is 28.2 Å². The lowest BCUT2D eigenvalue weighted by Gasteiger charge is -2.36. The number of hydrogen-bond acceptors (Lipinski definition) is 11. The highest BCUT2D eigenvalue weighted by atomic mass is 79.9. The molecule has 2 atom stereocenters. The molecule has 0 saturated carbocycles. The number of nitrogens with zero attached hydrogens (tertiary/aromatic N) is 8. The average molecular weight is 1190 g/mol. The molecule has 22 heteroatoms. The van der Waals surface area contributed by atoms with Crippen molar-refractivity contribution in [2.45, 2.75) is 104 Å². The summed E-state index contributed by atoms with van der Waals surface area (Å²) in [5.41, 5.74) is 2.30. The van der Waals surface area contributed by atoms with Crippen molar-refractivity contribution >= 4 is 85.0 Å². The molecule has 7 aromatic rings. The first-order valence-corrected chi connectivity index (χ1v) is 27.7. The predicted molar refractivity (Wildman–Crippen MR) is 315 cm³/mol. The van der Waals surface area contributed by atoms with E-state index in [1.54, 1.807) is 21.2 Å². The van der Waals surface area contributed by atoms with Gasteiger partial charge in [0.1, 0.15) is 39.6 Å². The number of piperidine rings is 2. The van der Waals surface area contributed by atoms with Gasteiger partial charge in [0.05, 0.1) is 35.7 Å². The van der Waals surface area contributed by atoms with Gasteiger partial charge < -0.3 is 43.8 Å². The normalized spacial score (nSPS) is 15.9. The molecule has 2 fully saturated rings. The Morgan fingerprint density at radius 3 is 1.46 bits per heavy atom. The lowest BCUT2D eigenvalue weighted by atomic mass is 10.0. The SMILES string of the molecule is COc1ccc(-c2c(N3CCC[C@@H](NC(=O)OC(C)(C)C)C3)n(Cc3ccccc3Cl)c3c(=O)n(C)c(=O)n(C)c23)cc1.Cn1c(=O)c2c(c(Br)c(N3CCC[C@@H](NC(=O)OC(C)(C)C)C3)n2Cc2ccccc2Cl)n(C)c1=O. The Hall–Kier alpha value is -6.90. The van der Waals surface area contributed by atoms with Gasteiger partial charge in [-0.15, -0.1) is 0 Å². The van der Waals surface area contributed by atoms with E-state index in [1.807, 2.05) is 123 Å². The first-order valence-electron chi connectivity index (χ1n) is 26.2. The number of anilines is 2. The van der Waals surface area contributed by atoms with E-state index in [0.29, 0.717) is 75.1 Å². The lowest BCUT2D eigenvalue weighted by Crippen LogP contribution is -2.49. The maximum Gasteiger partial charge on any atom is 0.407 e. The second kappa shape index (κ2) is 23.4. The molecule has 2 saturated heterocycles. The zero-order valence-corrected chi connectivity index (χ0v) is 49.6. The summed E-state index contributed by atoms with van der Waals surface area (Å²) < 4.78 is 26.2. The summed E-state index contributed by atoms with van der Waals surface area (Å²) in [6.07, 6.45) is 2.28. The van der Waals surface area contributed by atoms with Gasteiger partial charge in [-0.05, 0) is 124 Å². The number of nitrogens with one attached hydrogen (secondary N) is 2. The fourth-order valence-corrected chi connectivity index (χ4v) is 11.8. The molecular weight excluding hydrogens is 1120 g/mol. The van der Waals surface area contributed by atoms with E-state index in [0.717, 1.165) is 75.3 Å². The number of rotatable bonds is 10. The molecule has 79 heavy (non-hydrogen) atoms. The van der Waals surface area contributed by atoms with Gasteiger partial charge in [-0.25, -0.2) is 19.2 Å². The number of fused-ring (bicyclic) bond motifs is 2. The topological polar surface area (TPSA) is 190 Å². The van der Waals surface area contributed by atoms with E-state index in [-0.39, 0.29) is 17.6 Å². The number of carbonyl (C=O) groups is 2. The Balaban J connectivity index is 0.000000211. The van der Waals surface area contributed by atoms with E-state index in [9.17, 15) is 28.8 Å². The minimum absolute atomic E-state index is 0.140. The van der Waals surface area contributed by atoms with Crippen LogP contribution in [0.15, 0.2) is 96.4 Å². The molecule has 422 valence electrons. The summed E-state index contributed by atoms with van der Waals surface area (Å²) in [5.74, 6) is 2.22. The van der Waals surface area contributed by atoms with Crippen molar-refractivity contribution in [1.29, 1.82) is 0 Å². The number of benzene rings is 3. The highest BCUT2D eigenvalue weighted by Gasteiger charge is 2.34. The number of ether oxygens (including phenoxy) is 3. The summed E-state index contributed by atoms with van der Waals surface area (Å²) in [4.78, 5) is 82.8. The molecule has 2 amide bonds. The third-order valence-electron chi connectivity index (χ3n) is 14.0. The minimum Gasteiger partial charge on any atom is -0.497 e. The van der Waals surface area contributed by atoms with Crippen LogP contribution in [0, 0.1) is 0 Å². The predicted octanol–water partition coefficient (Wildman–Crippen LogP) is 8.91. The van der Waals surface area contributed by atoms with Crippen molar-refractivity contribution in [3.05, 3.63) is 140 Å². The molecule has 0 unspecified atom stereocenters. The van der Waals surface area contributed by atoms with Gasteiger partial charge in [-0.2, -0.15) is 0 Å². The fraction of sp³-hybridized carbons (Fsp3) is 0.439. The van der Waals surface area contributed by atoms with Crippen molar-refractivity contribution < 1.29 is 23.8 Å². The summed E-state index contributed by atoms with van der Waals surface area (Å²) in [5, 5.41) is 7.17. The smallest absolute Gasteiger partial charge is 0.407 e. The standard InChI is InChI=1S/C32H38ClN5O5.C25H31BrClN5O4/c1-32(2,3)43-30(40)34-22-11-9-17-37(19-22)28-25(20-13-15-23(42-6)16-14-20)26-27(29(39)36(5)31(41)35(26)4)38(28)18-21-10-7-8-12-24(21)33;1-25(2,3)36-23(34)28-16-10-8-12-31(14-16)21-18(26)19-20(22(33)30(5)24(35)29(19)4)32(21)13-15-9-6-7-11-17(15)27/h7-8,10,12-16,22H,9,11,17-19H2,1-6H3,(H,34,40);6-7,9,11,16H,8,10,12-14H2,1-5H3,(H,28,34)/t22-;16-/m11/s1. The number of methoxy groups -OCH3 is 1. The van der Waals surface area contributed by atoms with Gasteiger partial charge in [0.25, 0.3) is 11.1 Å². The third-order valence-corrected chi connectivity index (χ3v) is 15.5. The fourth-order valence-electron chi connectivity index (χ4n) is 10.4. The molecule has 2 aliphatic rings. The molecule has 0 radical (unpaired) electrons. The highest BCUT2D eigenvalue weighted by molar-refractivity contribution is 9.10. The molecular formula is C57H69BrCl2N10O9. The zero-order chi connectivity index (χ0) is 57.4. The Morgan fingerprint density at radius 2 is 1.01 bits per heavy atom. The van der Waals surface area contributed by atoms with Gasteiger partial charge >= 0.3 is 23.6 Å². The quantitative estimate of drug-likeness (QED) is 0.133. The summed E-state index contributed by atoms with van der Waals surface area (Å²) >= 11 is 16.8. The Morgan fingerprint density at radius 1 is 0.595 bits per heavy atom. The average Bonchev–Trinajstić information content (AvgIpc) is 4.12. The number of alkyl carbamates (subject to hydrolysis) is 2. The van der Waals surface area contributed by atoms with Crippen LogP contribution in [0.3, 0.4) is 0 Å². The number of aromatic nitrogens is 6. The molecule has 6 heterocycles. The third kappa shape index (κ3) is 12.5. The number of halogens is 3. The van der Waals surface area contributed by atoms with E-state index in [1.165, 1.54) is 23.2 Å². The maximum atomic E-state index is 13.9. The molecule has 19 nitrogen and oxygen atoms in total. The Labute approximate surface area is 476 Å². The second-order valence-electron chi connectivity index (χ2n) is 22.1. The van der Waals surface area contributed by atoms with Crippen LogP contribution in [0.2, 0.25) is 10.0 Å². The molecule has 0 spiro atoms. The number of amides is 2. The second-order valence-corrected chi connectivity index (χ2v) is 23.7.